The van der Waals surface area contributed by atoms with Gasteiger partial charge in [0.25, 0.3) is 5.91 Å². The number of benzene rings is 3. The molecule has 0 unspecified atom stereocenters. The third kappa shape index (κ3) is 5.78. The summed E-state index contributed by atoms with van der Waals surface area (Å²) >= 11 is 0. The largest absolute Gasteiger partial charge is 0.496 e. The van der Waals surface area contributed by atoms with Gasteiger partial charge in [-0.2, -0.15) is 0 Å². The van der Waals surface area contributed by atoms with E-state index in [1.54, 1.807) is 29.3 Å². The van der Waals surface area contributed by atoms with Gasteiger partial charge in [0.05, 0.1) is 28.3 Å². The Bertz CT molecular complexity index is 1690. The highest BCUT2D eigenvalue weighted by molar-refractivity contribution is 6.62. The molecule has 2 aliphatic heterocycles. The Hall–Kier alpha value is -4.67. The van der Waals surface area contributed by atoms with Crippen LogP contribution in [-0.2, 0) is 22.3 Å². The number of nitrogen functional groups attached to an aromatic ring is 1. The molecule has 0 atom stereocenters. The highest BCUT2D eigenvalue weighted by Gasteiger charge is 2.51. The van der Waals surface area contributed by atoms with Crippen molar-refractivity contribution in [1.82, 2.24) is 10.3 Å². The summed E-state index contributed by atoms with van der Waals surface area (Å²) in [5, 5.41) is 5.89. The minimum atomic E-state index is -0.493. The van der Waals surface area contributed by atoms with Crippen LogP contribution < -0.4 is 26.7 Å². The molecule has 3 aromatic carbocycles. The molecule has 0 spiro atoms. The fourth-order valence-electron chi connectivity index (χ4n) is 5.31. The summed E-state index contributed by atoms with van der Waals surface area (Å²) in [6, 6.07) is 24.2. The van der Waals surface area contributed by atoms with Crippen molar-refractivity contribution in [3.63, 3.8) is 0 Å². The van der Waals surface area contributed by atoms with Crippen LogP contribution in [0.3, 0.4) is 0 Å². The number of hydrogen-bond acceptors (Lipinski definition) is 6. The molecule has 3 heterocycles. The number of rotatable bonds is 6. The molecule has 0 radical (unpaired) electrons. The average Bonchev–Trinajstić information content (AvgIpc) is 3.54. The van der Waals surface area contributed by atoms with E-state index in [1.165, 1.54) is 5.56 Å². The van der Waals surface area contributed by atoms with Gasteiger partial charge >= 0.3 is 13.1 Å². The lowest BCUT2D eigenvalue weighted by Gasteiger charge is -2.32. The molecule has 10 heteroatoms. The number of nitrogens with zero attached hydrogens (tertiary/aromatic N) is 2. The van der Waals surface area contributed by atoms with E-state index >= 15 is 0 Å². The Morgan fingerprint density at radius 2 is 1.68 bits per heavy atom. The second-order valence-corrected chi connectivity index (χ2v) is 12.2. The van der Waals surface area contributed by atoms with Crippen molar-refractivity contribution in [1.29, 1.82) is 0 Å². The number of amides is 3. The molecular formula is C34H36BN5O4. The lowest BCUT2D eigenvalue weighted by atomic mass is 9.80. The molecule has 4 N–H and O–H groups in total. The third-order valence-corrected chi connectivity index (χ3v) is 8.70. The molecule has 2 aliphatic rings. The highest BCUT2D eigenvalue weighted by atomic mass is 16.7. The zero-order valence-corrected chi connectivity index (χ0v) is 25.4. The first-order valence-electron chi connectivity index (χ1n) is 14.8. The summed E-state index contributed by atoms with van der Waals surface area (Å²) < 4.78 is 12.3. The minimum absolute atomic E-state index is 0.135. The van der Waals surface area contributed by atoms with Gasteiger partial charge in [0.2, 0.25) is 0 Å². The molecule has 0 bridgehead atoms. The first-order valence-corrected chi connectivity index (χ1v) is 14.8. The second-order valence-electron chi connectivity index (χ2n) is 12.2. The van der Waals surface area contributed by atoms with Gasteiger partial charge in [0.15, 0.2) is 0 Å². The van der Waals surface area contributed by atoms with E-state index in [1.807, 2.05) is 88.4 Å². The summed E-state index contributed by atoms with van der Waals surface area (Å²) in [5.74, 6) is -0.290. The van der Waals surface area contributed by atoms with Gasteiger partial charge in [-0.1, -0.05) is 42.5 Å². The van der Waals surface area contributed by atoms with E-state index < -0.39 is 18.3 Å². The minimum Gasteiger partial charge on any atom is -0.399 e. The number of para-hydroxylation sites is 1. The van der Waals surface area contributed by atoms with Gasteiger partial charge in [0, 0.05) is 41.6 Å². The standard InChI is InChI=1S/C34H36BN5O4/c1-33(2)34(3,4)44-35(43-33)26-14-16-28(37-21-26)25-13-15-27(36)29(19-25)39-31(41)24-11-9-22(10-12-24)20-38-32(42)40-18-17-23-7-5-6-8-30(23)40/h5-16,19,21H,17-18,20,36H2,1-4H3,(H,38,42)(H,39,41). The smallest absolute Gasteiger partial charge is 0.399 e. The molecule has 3 amide bonds. The molecule has 0 aliphatic carbocycles. The molecule has 44 heavy (non-hydrogen) atoms. The molecule has 6 rings (SSSR count). The van der Waals surface area contributed by atoms with E-state index in [4.69, 9.17) is 15.0 Å². The van der Waals surface area contributed by atoms with E-state index in [0.717, 1.165) is 34.4 Å². The van der Waals surface area contributed by atoms with Crippen LogP contribution >= 0.6 is 0 Å². The van der Waals surface area contributed by atoms with Crippen LogP contribution in [0.2, 0.25) is 0 Å². The van der Waals surface area contributed by atoms with Crippen LogP contribution in [0.4, 0.5) is 21.9 Å². The number of carbonyl (C=O) groups excluding carboxylic acids is 2. The monoisotopic (exact) mass is 589 g/mol. The molecular weight excluding hydrogens is 553 g/mol. The quantitative estimate of drug-likeness (QED) is 0.211. The van der Waals surface area contributed by atoms with Crippen molar-refractivity contribution < 1.29 is 18.9 Å². The predicted octanol–water partition coefficient (Wildman–Crippen LogP) is 5.15. The maximum absolute atomic E-state index is 13.1. The molecule has 9 nitrogen and oxygen atoms in total. The number of anilines is 3. The molecule has 1 saturated heterocycles. The number of carbonyl (C=O) groups is 2. The Balaban J connectivity index is 1.07. The fraction of sp³-hybridized carbons (Fsp3) is 0.265. The molecule has 1 aromatic heterocycles. The zero-order valence-electron chi connectivity index (χ0n) is 25.4. The second kappa shape index (κ2) is 11.4. The lowest BCUT2D eigenvalue weighted by Crippen LogP contribution is -2.41. The number of fused-ring (bicyclic) bond motifs is 1. The van der Waals surface area contributed by atoms with Crippen LogP contribution in [0.15, 0.2) is 85.1 Å². The SMILES string of the molecule is CC1(C)OB(c2ccc(-c3ccc(N)c(NC(=O)c4ccc(CNC(=O)N5CCc6ccccc65)cc4)c3)nc2)OC1(C)C. The van der Waals surface area contributed by atoms with Crippen LogP contribution in [0, 0.1) is 0 Å². The summed E-state index contributed by atoms with van der Waals surface area (Å²) in [5.41, 5.74) is 12.1. The number of nitrogens with one attached hydrogen (secondary N) is 2. The van der Waals surface area contributed by atoms with Crippen molar-refractivity contribution in [2.75, 3.05) is 22.5 Å². The van der Waals surface area contributed by atoms with Crippen LogP contribution in [-0.4, -0.2) is 41.8 Å². The molecule has 0 saturated carbocycles. The Morgan fingerprint density at radius 3 is 2.39 bits per heavy atom. The maximum atomic E-state index is 13.1. The number of pyridine rings is 1. The summed E-state index contributed by atoms with van der Waals surface area (Å²) in [6.45, 7) is 9.09. The van der Waals surface area contributed by atoms with Crippen molar-refractivity contribution in [3.8, 4) is 11.3 Å². The third-order valence-electron chi connectivity index (χ3n) is 8.70. The maximum Gasteiger partial charge on any atom is 0.496 e. The van der Waals surface area contributed by atoms with Gasteiger partial charge in [-0.3, -0.25) is 14.7 Å². The Labute approximate surface area is 257 Å². The summed E-state index contributed by atoms with van der Waals surface area (Å²) in [4.78, 5) is 32.3. The summed E-state index contributed by atoms with van der Waals surface area (Å²) in [7, 11) is -0.493. The number of nitrogens with two attached hydrogens (primary N) is 1. The number of urea groups is 1. The van der Waals surface area contributed by atoms with E-state index in [9.17, 15) is 9.59 Å². The van der Waals surface area contributed by atoms with Gasteiger partial charge < -0.3 is 25.7 Å². The lowest BCUT2D eigenvalue weighted by molar-refractivity contribution is 0.00578. The van der Waals surface area contributed by atoms with Crippen LogP contribution in [0.25, 0.3) is 11.3 Å². The predicted molar refractivity (Wildman–Crippen MR) is 174 cm³/mol. The fourth-order valence-corrected chi connectivity index (χ4v) is 5.31. The highest BCUT2D eigenvalue weighted by Crippen LogP contribution is 2.36. The van der Waals surface area contributed by atoms with E-state index in [2.05, 4.69) is 15.6 Å². The Kier molecular flexibility index (Phi) is 7.65. The first kappa shape index (κ1) is 29.4. The van der Waals surface area contributed by atoms with Crippen LogP contribution in [0.1, 0.15) is 49.2 Å². The van der Waals surface area contributed by atoms with E-state index in [-0.39, 0.29) is 11.9 Å². The zero-order chi connectivity index (χ0) is 31.1. The van der Waals surface area contributed by atoms with Crippen molar-refractivity contribution >= 4 is 41.6 Å². The normalized spacial score (nSPS) is 16.5. The van der Waals surface area contributed by atoms with Gasteiger partial charge in [0.1, 0.15) is 0 Å². The first-order chi connectivity index (χ1) is 21.0. The van der Waals surface area contributed by atoms with E-state index in [0.29, 0.717) is 30.0 Å². The van der Waals surface area contributed by atoms with Gasteiger partial charge in [-0.05, 0) is 81.6 Å². The summed E-state index contributed by atoms with van der Waals surface area (Å²) in [6.07, 6.45) is 2.60. The number of aromatic nitrogens is 1. The average molecular weight is 590 g/mol. The van der Waals surface area contributed by atoms with Crippen molar-refractivity contribution in [2.24, 2.45) is 0 Å². The van der Waals surface area contributed by atoms with Gasteiger partial charge in [-0.25, -0.2) is 4.79 Å². The topological polar surface area (TPSA) is 119 Å². The van der Waals surface area contributed by atoms with Crippen molar-refractivity contribution in [2.45, 2.75) is 51.9 Å². The number of hydrogen-bond donors (Lipinski definition) is 3. The molecule has 224 valence electrons. The molecule has 4 aromatic rings. The Morgan fingerprint density at radius 1 is 0.955 bits per heavy atom. The van der Waals surface area contributed by atoms with Crippen molar-refractivity contribution in [3.05, 3.63) is 102 Å². The van der Waals surface area contributed by atoms with Gasteiger partial charge in [-0.15, -0.1) is 0 Å². The van der Waals surface area contributed by atoms with Crippen LogP contribution in [0.5, 0.6) is 0 Å². The molecule has 1 fully saturated rings.